The Balaban J connectivity index is 2.13. The summed E-state index contributed by atoms with van der Waals surface area (Å²) in [5.74, 6) is -0.0963. The van der Waals surface area contributed by atoms with Crippen molar-refractivity contribution in [2.75, 3.05) is 5.75 Å². The van der Waals surface area contributed by atoms with Crippen LogP contribution in [0.15, 0.2) is 0 Å². The Labute approximate surface area is 76.1 Å². The number of carbonyl (C=O) groups excluding carboxylic acids is 1. The van der Waals surface area contributed by atoms with Crippen molar-refractivity contribution in [2.24, 2.45) is 0 Å². The van der Waals surface area contributed by atoms with Crippen LogP contribution in [0.2, 0.25) is 0 Å². The van der Waals surface area contributed by atoms with Crippen molar-refractivity contribution in [2.45, 2.75) is 31.8 Å². The van der Waals surface area contributed by atoms with Crippen molar-refractivity contribution in [1.29, 1.82) is 5.26 Å². The summed E-state index contributed by atoms with van der Waals surface area (Å²) in [7, 11) is 0. The zero-order valence-electron chi connectivity index (χ0n) is 6.78. The first kappa shape index (κ1) is 9.40. The number of esters is 1. The molecule has 0 heterocycles. The fraction of sp³-hybridized carbons (Fsp3) is 0.750. The van der Waals surface area contributed by atoms with Gasteiger partial charge in [-0.1, -0.05) is 0 Å². The minimum atomic E-state index is -0.256. The molecule has 0 atom stereocenters. The molecule has 4 heteroatoms. The van der Waals surface area contributed by atoms with Gasteiger partial charge in [0.2, 0.25) is 0 Å². The molecule has 0 saturated heterocycles. The highest BCUT2D eigenvalue weighted by molar-refractivity contribution is 8.04. The molecule has 1 rings (SSSR count). The lowest BCUT2D eigenvalue weighted by Crippen LogP contribution is -2.15. The maximum absolute atomic E-state index is 11.0. The van der Waals surface area contributed by atoms with Gasteiger partial charge in [0.1, 0.15) is 17.3 Å². The Morgan fingerprint density at radius 2 is 2.25 bits per heavy atom. The molecule has 0 amide bonds. The average molecular weight is 185 g/mol. The molecule has 3 nitrogen and oxygen atoms in total. The molecule has 0 spiro atoms. The third kappa shape index (κ3) is 3.14. The van der Waals surface area contributed by atoms with E-state index in [0.29, 0.717) is 0 Å². The SMILES string of the molecule is N#CSCC(=O)OC1CCCC1. The van der Waals surface area contributed by atoms with Crippen molar-refractivity contribution < 1.29 is 9.53 Å². The minimum Gasteiger partial charge on any atom is -0.462 e. The Bertz CT molecular complexity index is 194. The van der Waals surface area contributed by atoms with Crippen LogP contribution in [-0.4, -0.2) is 17.8 Å². The molecule has 66 valence electrons. The van der Waals surface area contributed by atoms with E-state index in [0.717, 1.165) is 37.4 Å². The van der Waals surface area contributed by atoms with Gasteiger partial charge in [0.05, 0.1) is 0 Å². The number of carbonyl (C=O) groups is 1. The molecule has 1 saturated carbocycles. The van der Waals surface area contributed by atoms with Crippen molar-refractivity contribution in [3.8, 4) is 5.40 Å². The number of thioether (sulfide) groups is 1. The summed E-state index contributed by atoms with van der Waals surface area (Å²) in [5.41, 5.74) is 0. The van der Waals surface area contributed by atoms with Crippen molar-refractivity contribution >= 4 is 17.7 Å². The standard InChI is InChI=1S/C8H11NO2S/c9-6-12-5-8(10)11-7-3-1-2-4-7/h7H,1-5H2. The van der Waals surface area contributed by atoms with Crippen LogP contribution in [0.1, 0.15) is 25.7 Å². The van der Waals surface area contributed by atoms with E-state index in [2.05, 4.69) is 0 Å². The Morgan fingerprint density at radius 1 is 1.58 bits per heavy atom. The minimum absolute atomic E-state index is 0.122. The Hall–Kier alpha value is -0.690. The van der Waals surface area contributed by atoms with Crippen molar-refractivity contribution in [3.63, 3.8) is 0 Å². The van der Waals surface area contributed by atoms with E-state index >= 15 is 0 Å². The molecule has 1 fully saturated rings. The van der Waals surface area contributed by atoms with Crippen LogP contribution >= 0.6 is 11.8 Å². The molecule has 12 heavy (non-hydrogen) atoms. The maximum Gasteiger partial charge on any atom is 0.317 e. The monoisotopic (exact) mass is 185 g/mol. The summed E-state index contributed by atoms with van der Waals surface area (Å²) in [5, 5.41) is 10.0. The van der Waals surface area contributed by atoms with E-state index < -0.39 is 0 Å². The first-order valence-corrected chi connectivity index (χ1v) is 5.02. The molecule has 0 N–H and O–H groups in total. The second-order valence-electron chi connectivity index (χ2n) is 2.78. The van der Waals surface area contributed by atoms with Gasteiger partial charge in [-0.15, -0.1) is 0 Å². The predicted octanol–water partition coefficient (Wildman–Crippen LogP) is 1.69. The van der Waals surface area contributed by atoms with Crippen LogP contribution in [0.5, 0.6) is 0 Å². The second-order valence-corrected chi connectivity index (χ2v) is 3.54. The van der Waals surface area contributed by atoms with Crippen molar-refractivity contribution in [1.82, 2.24) is 0 Å². The van der Waals surface area contributed by atoms with Gasteiger partial charge in [0.25, 0.3) is 0 Å². The Kier molecular flexibility index (Phi) is 3.95. The third-order valence-corrected chi connectivity index (χ3v) is 2.36. The maximum atomic E-state index is 11.0. The summed E-state index contributed by atoms with van der Waals surface area (Å²) in [4.78, 5) is 11.0. The van der Waals surface area contributed by atoms with E-state index in [-0.39, 0.29) is 17.8 Å². The van der Waals surface area contributed by atoms with Crippen LogP contribution in [0.25, 0.3) is 0 Å². The number of nitriles is 1. The fourth-order valence-corrected chi connectivity index (χ4v) is 1.57. The normalized spacial score (nSPS) is 17.2. The van der Waals surface area contributed by atoms with E-state index in [4.69, 9.17) is 10.00 Å². The van der Waals surface area contributed by atoms with Crippen molar-refractivity contribution in [3.05, 3.63) is 0 Å². The van der Waals surface area contributed by atoms with Gasteiger partial charge in [-0.2, -0.15) is 5.26 Å². The molecule has 1 aliphatic rings. The highest BCUT2D eigenvalue weighted by atomic mass is 32.2. The number of thiocyanates is 1. The Morgan fingerprint density at radius 3 is 2.83 bits per heavy atom. The number of nitrogens with zero attached hydrogens (tertiary/aromatic N) is 1. The van der Waals surface area contributed by atoms with Crippen LogP contribution in [0.3, 0.4) is 0 Å². The lowest BCUT2D eigenvalue weighted by molar-refractivity contribution is -0.145. The topological polar surface area (TPSA) is 50.1 Å². The second kappa shape index (κ2) is 5.04. The summed E-state index contributed by atoms with van der Waals surface area (Å²) < 4.78 is 5.10. The smallest absolute Gasteiger partial charge is 0.317 e. The highest BCUT2D eigenvalue weighted by Crippen LogP contribution is 2.21. The van der Waals surface area contributed by atoms with Gasteiger partial charge in [0, 0.05) is 0 Å². The van der Waals surface area contributed by atoms with E-state index in [1.54, 1.807) is 0 Å². The molecule has 0 aliphatic heterocycles. The highest BCUT2D eigenvalue weighted by Gasteiger charge is 2.18. The lowest BCUT2D eigenvalue weighted by Gasteiger charge is -2.09. The summed E-state index contributed by atoms with van der Waals surface area (Å²) in [6.45, 7) is 0. The van der Waals surface area contributed by atoms with Gasteiger partial charge in [-0.25, -0.2) is 0 Å². The van der Waals surface area contributed by atoms with Gasteiger partial charge >= 0.3 is 5.97 Å². The van der Waals surface area contributed by atoms with E-state index in [1.807, 2.05) is 5.40 Å². The lowest BCUT2D eigenvalue weighted by atomic mass is 10.3. The summed E-state index contributed by atoms with van der Waals surface area (Å²) in [6.07, 6.45) is 4.41. The van der Waals surface area contributed by atoms with E-state index in [9.17, 15) is 4.79 Å². The first-order valence-electron chi connectivity index (χ1n) is 4.03. The molecule has 0 aromatic heterocycles. The van der Waals surface area contributed by atoms with Gasteiger partial charge in [0.15, 0.2) is 0 Å². The van der Waals surface area contributed by atoms with E-state index in [1.165, 1.54) is 0 Å². The molecule has 0 aromatic carbocycles. The largest absolute Gasteiger partial charge is 0.462 e. The quantitative estimate of drug-likeness (QED) is 0.496. The molecule has 0 aromatic rings. The first-order chi connectivity index (χ1) is 5.83. The molecule has 0 radical (unpaired) electrons. The van der Waals surface area contributed by atoms with Gasteiger partial charge in [-0.05, 0) is 37.4 Å². The van der Waals surface area contributed by atoms with Crippen LogP contribution in [-0.2, 0) is 9.53 Å². The number of ether oxygens (including phenoxy) is 1. The zero-order chi connectivity index (χ0) is 8.81. The number of hydrogen-bond acceptors (Lipinski definition) is 4. The molecule has 0 unspecified atom stereocenters. The molecule has 0 bridgehead atoms. The van der Waals surface area contributed by atoms with Gasteiger partial charge in [-0.3, -0.25) is 4.79 Å². The average Bonchev–Trinajstić information content (AvgIpc) is 2.53. The van der Waals surface area contributed by atoms with Crippen LogP contribution < -0.4 is 0 Å². The zero-order valence-corrected chi connectivity index (χ0v) is 7.60. The predicted molar refractivity (Wildman–Crippen MR) is 46.4 cm³/mol. The fourth-order valence-electron chi connectivity index (χ4n) is 1.32. The molecular formula is C8H11NO2S. The van der Waals surface area contributed by atoms with Gasteiger partial charge < -0.3 is 4.74 Å². The molecular weight excluding hydrogens is 174 g/mol. The summed E-state index contributed by atoms with van der Waals surface area (Å²) in [6, 6.07) is 0. The third-order valence-electron chi connectivity index (χ3n) is 1.85. The molecule has 1 aliphatic carbocycles. The summed E-state index contributed by atoms with van der Waals surface area (Å²) >= 11 is 0.931. The number of rotatable bonds is 3. The van der Waals surface area contributed by atoms with Crippen LogP contribution in [0.4, 0.5) is 0 Å². The number of hydrogen-bond donors (Lipinski definition) is 0. The van der Waals surface area contributed by atoms with Crippen LogP contribution in [0, 0.1) is 10.7 Å².